The van der Waals surface area contributed by atoms with E-state index < -0.39 is 23.8 Å². The first-order chi connectivity index (χ1) is 11.8. The normalized spacial score (nSPS) is 25.5. The number of likely N-dealkylation sites (tertiary alicyclic amines) is 1. The molecule has 3 amide bonds. The standard InChI is InChI=1S/C18H21N3O4/c1-9-4-6-12(7-5-9)19-17(24)14-16(23)13-8-21(11(3)22)10(2)15(13)20-18(14)25/h4-7,10,13,15,23H,8H2,1-3H3,(H,19,24)(H,20,25)/t10?,13-,15-/m0/s1. The fourth-order valence-corrected chi connectivity index (χ4v) is 3.49. The fourth-order valence-electron chi connectivity index (χ4n) is 3.49. The van der Waals surface area contributed by atoms with Gasteiger partial charge in [0, 0.05) is 25.2 Å². The van der Waals surface area contributed by atoms with E-state index in [-0.39, 0.29) is 29.8 Å². The Kier molecular flexibility index (Phi) is 4.24. The zero-order valence-electron chi connectivity index (χ0n) is 14.4. The van der Waals surface area contributed by atoms with Crippen LogP contribution in [0.1, 0.15) is 19.4 Å². The summed E-state index contributed by atoms with van der Waals surface area (Å²) in [5.41, 5.74) is 1.29. The maximum Gasteiger partial charge on any atom is 0.264 e. The number of hydrogen-bond donors (Lipinski definition) is 3. The second kappa shape index (κ2) is 6.23. The molecule has 0 aromatic heterocycles. The van der Waals surface area contributed by atoms with Crippen LogP contribution in [0.3, 0.4) is 0 Å². The molecule has 132 valence electrons. The molecule has 0 bridgehead atoms. The van der Waals surface area contributed by atoms with E-state index in [0.29, 0.717) is 5.69 Å². The van der Waals surface area contributed by atoms with Crippen molar-refractivity contribution < 1.29 is 19.5 Å². The number of anilines is 1. The first-order valence-corrected chi connectivity index (χ1v) is 8.18. The van der Waals surface area contributed by atoms with Gasteiger partial charge in [-0.2, -0.15) is 0 Å². The molecular formula is C18H21N3O4. The van der Waals surface area contributed by atoms with E-state index in [2.05, 4.69) is 10.6 Å². The summed E-state index contributed by atoms with van der Waals surface area (Å²) >= 11 is 0. The molecule has 7 heteroatoms. The van der Waals surface area contributed by atoms with Crippen LogP contribution >= 0.6 is 0 Å². The van der Waals surface area contributed by atoms with E-state index in [1.807, 2.05) is 26.0 Å². The largest absolute Gasteiger partial charge is 0.511 e. The summed E-state index contributed by atoms with van der Waals surface area (Å²) in [6.07, 6.45) is 0. The average molecular weight is 343 g/mol. The molecule has 3 N–H and O–H groups in total. The molecule has 1 aromatic rings. The minimum Gasteiger partial charge on any atom is -0.511 e. The summed E-state index contributed by atoms with van der Waals surface area (Å²) < 4.78 is 0. The first kappa shape index (κ1) is 17.0. The predicted molar refractivity (Wildman–Crippen MR) is 91.7 cm³/mol. The van der Waals surface area contributed by atoms with Gasteiger partial charge in [-0.3, -0.25) is 14.4 Å². The van der Waals surface area contributed by atoms with Crippen LogP contribution in [0.15, 0.2) is 35.6 Å². The van der Waals surface area contributed by atoms with E-state index in [4.69, 9.17) is 0 Å². The number of nitrogens with one attached hydrogen (secondary N) is 2. The maximum absolute atomic E-state index is 12.5. The summed E-state index contributed by atoms with van der Waals surface area (Å²) in [5.74, 6) is -2.15. The molecule has 0 aliphatic carbocycles. The number of rotatable bonds is 2. The number of fused-ring (bicyclic) bond motifs is 1. The zero-order chi connectivity index (χ0) is 18.3. The number of nitrogens with zero attached hydrogens (tertiary/aromatic N) is 1. The van der Waals surface area contributed by atoms with Crippen molar-refractivity contribution in [2.75, 3.05) is 11.9 Å². The van der Waals surface area contributed by atoms with Gasteiger partial charge >= 0.3 is 0 Å². The molecule has 3 rings (SSSR count). The van der Waals surface area contributed by atoms with Crippen molar-refractivity contribution in [3.8, 4) is 0 Å². The van der Waals surface area contributed by atoms with Crippen LogP contribution in [0.5, 0.6) is 0 Å². The van der Waals surface area contributed by atoms with E-state index in [1.54, 1.807) is 17.0 Å². The minimum absolute atomic E-state index is 0.130. The van der Waals surface area contributed by atoms with Gasteiger partial charge in [-0.05, 0) is 26.0 Å². The SMILES string of the molecule is CC(=O)N1C[C@@H]2C(O)=C(C(=O)Nc3ccc(C)cc3)C(=O)N[C@H]2C1C. The minimum atomic E-state index is -0.661. The third-order valence-corrected chi connectivity index (χ3v) is 4.91. The zero-order valence-corrected chi connectivity index (χ0v) is 14.4. The number of carbonyl (C=O) groups excluding carboxylic acids is 3. The average Bonchev–Trinajstić information content (AvgIpc) is 2.87. The Morgan fingerprint density at radius 2 is 1.92 bits per heavy atom. The van der Waals surface area contributed by atoms with E-state index in [1.165, 1.54) is 6.92 Å². The molecule has 3 atom stereocenters. The van der Waals surface area contributed by atoms with E-state index in [9.17, 15) is 19.5 Å². The van der Waals surface area contributed by atoms with Gasteiger partial charge in [-0.15, -0.1) is 0 Å². The number of aliphatic hydroxyl groups is 1. The molecule has 2 aliphatic rings. The summed E-state index contributed by atoms with van der Waals surface area (Å²) in [4.78, 5) is 38.1. The van der Waals surface area contributed by atoms with Crippen LogP contribution in [0.4, 0.5) is 5.69 Å². The third kappa shape index (κ3) is 2.97. The number of hydrogen-bond acceptors (Lipinski definition) is 4. The lowest BCUT2D eigenvalue weighted by Crippen LogP contribution is -2.51. The van der Waals surface area contributed by atoms with Crippen molar-refractivity contribution in [1.82, 2.24) is 10.2 Å². The highest BCUT2D eigenvalue weighted by atomic mass is 16.3. The Balaban J connectivity index is 1.86. The number of aliphatic hydroxyl groups excluding tert-OH is 1. The molecular weight excluding hydrogens is 322 g/mol. The monoisotopic (exact) mass is 343 g/mol. The maximum atomic E-state index is 12.5. The topological polar surface area (TPSA) is 98.7 Å². The van der Waals surface area contributed by atoms with Crippen molar-refractivity contribution in [2.24, 2.45) is 5.92 Å². The molecule has 7 nitrogen and oxygen atoms in total. The summed E-state index contributed by atoms with van der Waals surface area (Å²) in [5, 5.41) is 15.9. The van der Waals surface area contributed by atoms with Gasteiger partial charge in [-0.25, -0.2) is 0 Å². The number of aryl methyl sites for hydroxylation is 1. The molecule has 2 aliphatic heterocycles. The van der Waals surface area contributed by atoms with Gasteiger partial charge in [0.2, 0.25) is 5.91 Å². The lowest BCUT2D eigenvalue weighted by Gasteiger charge is -2.29. The lowest BCUT2D eigenvalue weighted by atomic mass is 9.90. The summed E-state index contributed by atoms with van der Waals surface area (Å²) in [7, 11) is 0. The Bertz CT molecular complexity index is 769. The van der Waals surface area contributed by atoms with Crippen molar-refractivity contribution in [3.05, 3.63) is 41.2 Å². The smallest absolute Gasteiger partial charge is 0.264 e. The highest BCUT2D eigenvalue weighted by molar-refractivity contribution is 6.23. The Morgan fingerprint density at radius 1 is 1.28 bits per heavy atom. The molecule has 0 radical (unpaired) electrons. The van der Waals surface area contributed by atoms with Crippen molar-refractivity contribution in [3.63, 3.8) is 0 Å². The van der Waals surface area contributed by atoms with Gasteiger partial charge in [0.05, 0.1) is 12.0 Å². The number of carbonyl (C=O) groups is 3. The van der Waals surface area contributed by atoms with E-state index >= 15 is 0 Å². The van der Waals surface area contributed by atoms with Crippen molar-refractivity contribution in [1.29, 1.82) is 0 Å². The lowest BCUT2D eigenvalue weighted by molar-refractivity contribution is -0.130. The first-order valence-electron chi connectivity index (χ1n) is 8.18. The van der Waals surface area contributed by atoms with Gasteiger partial charge in [-0.1, -0.05) is 17.7 Å². The molecule has 2 heterocycles. The molecule has 1 saturated heterocycles. The van der Waals surface area contributed by atoms with E-state index in [0.717, 1.165) is 5.56 Å². The van der Waals surface area contributed by atoms with Crippen molar-refractivity contribution >= 4 is 23.4 Å². The predicted octanol–water partition coefficient (Wildman–Crippen LogP) is 1.11. The van der Waals surface area contributed by atoms with Gasteiger partial charge in [0.15, 0.2) is 0 Å². The Labute approximate surface area is 145 Å². The van der Waals surface area contributed by atoms with Crippen LogP contribution < -0.4 is 10.6 Å². The highest BCUT2D eigenvalue weighted by Gasteiger charge is 2.48. The molecule has 1 fully saturated rings. The second-order valence-electron chi connectivity index (χ2n) is 6.60. The summed E-state index contributed by atoms with van der Waals surface area (Å²) in [6.45, 7) is 5.46. The highest BCUT2D eigenvalue weighted by Crippen LogP contribution is 2.33. The molecule has 0 spiro atoms. The quantitative estimate of drug-likeness (QED) is 0.701. The molecule has 25 heavy (non-hydrogen) atoms. The van der Waals surface area contributed by atoms with Gasteiger partial charge in [0.25, 0.3) is 11.8 Å². The molecule has 1 aromatic carbocycles. The second-order valence-corrected chi connectivity index (χ2v) is 6.60. The number of amides is 3. The molecule has 1 unspecified atom stereocenters. The van der Waals surface area contributed by atoms with Crippen LogP contribution in [0, 0.1) is 12.8 Å². The fraction of sp³-hybridized carbons (Fsp3) is 0.389. The Morgan fingerprint density at radius 3 is 2.52 bits per heavy atom. The Hall–Kier alpha value is -2.83. The molecule has 0 saturated carbocycles. The van der Waals surface area contributed by atoms with Crippen LogP contribution in [-0.2, 0) is 14.4 Å². The summed E-state index contributed by atoms with van der Waals surface area (Å²) in [6, 6.07) is 6.49. The van der Waals surface area contributed by atoms with Crippen LogP contribution in [0.25, 0.3) is 0 Å². The third-order valence-electron chi connectivity index (χ3n) is 4.91. The van der Waals surface area contributed by atoms with Crippen molar-refractivity contribution in [2.45, 2.75) is 32.9 Å². The van der Waals surface area contributed by atoms with Crippen LogP contribution in [-0.4, -0.2) is 46.4 Å². The van der Waals surface area contributed by atoms with Gasteiger partial charge in [0.1, 0.15) is 11.3 Å². The number of benzene rings is 1. The van der Waals surface area contributed by atoms with Gasteiger partial charge < -0.3 is 20.6 Å². The van der Waals surface area contributed by atoms with Crippen LogP contribution in [0.2, 0.25) is 0 Å².